The number of amides is 2. The van der Waals surface area contributed by atoms with Crippen LogP contribution in [0, 0.1) is 0 Å². The van der Waals surface area contributed by atoms with Crippen LogP contribution in [-0.2, 0) is 11.2 Å². The lowest BCUT2D eigenvalue weighted by molar-refractivity contribution is -0.120. The molecule has 0 saturated heterocycles. The summed E-state index contributed by atoms with van der Waals surface area (Å²) in [6, 6.07) is 14.4. The maximum absolute atomic E-state index is 12.0. The van der Waals surface area contributed by atoms with E-state index in [1.807, 2.05) is 24.3 Å². The molecule has 0 atom stereocenters. The molecule has 6 nitrogen and oxygen atoms in total. The number of methoxy groups -OCH3 is 2. The zero-order valence-corrected chi connectivity index (χ0v) is 14.4. The molecule has 2 aromatic carbocycles. The average Bonchev–Trinajstić information content (AvgIpc) is 2.66. The van der Waals surface area contributed by atoms with E-state index in [0.717, 1.165) is 11.3 Å². The van der Waals surface area contributed by atoms with Crippen LogP contribution in [0.1, 0.15) is 15.9 Å². The molecular formula is C19H22N2O4. The lowest BCUT2D eigenvalue weighted by atomic mass is 10.1. The molecule has 0 fully saturated rings. The van der Waals surface area contributed by atoms with E-state index in [0.29, 0.717) is 24.3 Å². The molecule has 25 heavy (non-hydrogen) atoms. The first-order valence-corrected chi connectivity index (χ1v) is 7.94. The summed E-state index contributed by atoms with van der Waals surface area (Å²) in [5.74, 6) is 0.928. The van der Waals surface area contributed by atoms with E-state index in [9.17, 15) is 9.59 Å². The highest BCUT2D eigenvalue weighted by Gasteiger charge is 2.08. The molecule has 0 aliphatic rings. The molecule has 2 N–H and O–H groups in total. The van der Waals surface area contributed by atoms with Crippen LogP contribution >= 0.6 is 0 Å². The van der Waals surface area contributed by atoms with Gasteiger partial charge in [-0.3, -0.25) is 9.59 Å². The molecule has 0 aliphatic carbocycles. The number of carbonyl (C=O) groups excluding carboxylic acids is 2. The van der Waals surface area contributed by atoms with E-state index >= 15 is 0 Å². The molecule has 0 bridgehead atoms. The predicted octanol–water partition coefficient (Wildman–Crippen LogP) is 1.79. The van der Waals surface area contributed by atoms with Crippen LogP contribution in [0.15, 0.2) is 48.5 Å². The van der Waals surface area contributed by atoms with E-state index in [2.05, 4.69) is 10.6 Å². The summed E-state index contributed by atoms with van der Waals surface area (Å²) < 4.78 is 10.2. The van der Waals surface area contributed by atoms with Crippen molar-refractivity contribution >= 4 is 11.8 Å². The van der Waals surface area contributed by atoms with Crippen molar-refractivity contribution < 1.29 is 19.1 Å². The first-order chi connectivity index (χ1) is 12.1. The smallest absolute Gasteiger partial charge is 0.251 e. The Hall–Kier alpha value is -3.02. The molecule has 0 spiro atoms. The van der Waals surface area contributed by atoms with Crippen LogP contribution in [0.25, 0.3) is 0 Å². The highest BCUT2D eigenvalue weighted by Crippen LogP contribution is 2.12. The quantitative estimate of drug-likeness (QED) is 0.767. The van der Waals surface area contributed by atoms with Crippen LogP contribution < -0.4 is 20.1 Å². The lowest BCUT2D eigenvalue weighted by Crippen LogP contribution is -2.37. The SMILES string of the molecule is COc1ccc(C(=O)NCC(=O)NCCc2cccc(OC)c2)cc1. The number of carbonyl (C=O) groups is 2. The Labute approximate surface area is 147 Å². The molecule has 2 aromatic rings. The molecule has 0 aromatic heterocycles. The minimum atomic E-state index is -0.300. The van der Waals surface area contributed by atoms with Crippen LogP contribution in [-0.4, -0.2) is 39.1 Å². The monoisotopic (exact) mass is 342 g/mol. The maximum atomic E-state index is 12.0. The lowest BCUT2D eigenvalue weighted by Gasteiger charge is -2.08. The number of ether oxygens (including phenoxy) is 2. The Bertz CT molecular complexity index is 714. The molecule has 6 heteroatoms. The van der Waals surface area contributed by atoms with Crippen LogP contribution in [0.2, 0.25) is 0 Å². The summed E-state index contributed by atoms with van der Waals surface area (Å²) in [7, 11) is 3.18. The molecule has 132 valence electrons. The normalized spacial score (nSPS) is 10.0. The van der Waals surface area contributed by atoms with Gasteiger partial charge in [-0.2, -0.15) is 0 Å². The third-order valence-corrected chi connectivity index (χ3v) is 3.63. The third-order valence-electron chi connectivity index (χ3n) is 3.63. The number of hydrogen-bond donors (Lipinski definition) is 2. The molecular weight excluding hydrogens is 320 g/mol. The van der Waals surface area contributed by atoms with Gasteiger partial charge in [0.15, 0.2) is 0 Å². The minimum Gasteiger partial charge on any atom is -0.497 e. The van der Waals surface area contributed by atoms with Crippen molar-refractivity contribution in [2.45, 2.75) is 6.42 Å². The minimum absolute atomic E-state index is 0.0665. The molecule has 0 unspecified atom stereocenters. The molecule has 0 heterocycles. The van der Waals surface area contributed by atoms with Crippen molar-refractivity contribution in [3.63, 3.8) is 0 Å². The van der Waals surface area contributed by atoms with Crippen LogP contribution in [0.5, 0.6) is 11.5 Å². The van der Waals surface area contributed by atoms with Gasteiger partial charge in [-0.1, -0.05) is 12.1 Å². The second-order valence-electron chi connectivity index (χ2n) is 5.36. The molecule has 0 saturated carbocycles. The first kappa shape index (κ1) is 18.3. The van der Waals surface area contributed by atoms with Gasteiger partial charge in [-0.15, -0.1) is 0 Å². The second-order valence-corrected chi connectivity index (χ2v) is 5.36. The van der Waals surface area contributed by atoms with E-state index in [1.165, 1.54) is 0 Å². The van der Waals surface area contributed by atoms with Gasteiger partial charge in [0, 0.05) is 12.1 Å². The van der Waals surface area contributed by atoms with Gasteiger partial charge < -0.3 is 20.1 Å². The standard InChI is InChI=1S/C19H22N2O4/c1-24-16-8-6-15(7-9-16)19(23)21-13-18(22)20-11-10-14-4-3-5-17(12-14)25-2/h3-9,12H,10-11,13H2,1-2H3,(H,20,22)(H,21,23). The van der Waals surface area contributed by atoms with Gasteiger partial charge in [0.05, 0.1) is 20.8 Å². The topological polar surface area (TPSA) is 76.7 Å². The first-order valence-electron chi connectivity index (χ1n) is 7.94. The van der Waals surface area contributed by atoms with Crippen molar-refractivity contribution in [1.82, 2.24) is 10.6 Å². The van der Waals surface area contributed by atoms with E-state index in [4.69, 9.17) is 9.47 Å². The van der Waals surface area contributed by atoms with Gasteiger partial charge in [0.2, 0.25) is 5.91 Å². The molecule has 0 aliphatic heterocycles. The number of nitrogens with one attached hydrogen (secondary N) is 2. The average molecular weight is 342 g/mol. The Kier molecular flexibility index (Phi) is 6.83. The van der Waals surface area contributed by atoms with Gasteiger partial charge in [0.1, 0.15) is 11.5 Å². The van der Waals surface area contributed by atoms with Crippen molar-refractivity contribution in [3.8, 4) is 11.5 Å². The summed E-state index contributed by atoms with van der Waals surface area (Å²) >= 11 is 0. The van der Waals surface area contributed by atoms with E-state index < -0.39 is 0 Å². The summed E-state index contributed by atoms with van der Waals surface area (Å²) in [6.45, 7) is 0.424. The summed E-state index contributed by atoms with van der Waals surface area (Å²) in [5, 5.41) is 5.37. The highest BCUT2D eigenvalue weighted by atomic mass is 16.5. The molecule has 0 radical (unpaired) electrons. The van der Waals surface area contributed by atoms with Gasteiger partial charge in [-0.05, 0) is 48.4 Å². The van der Waals surface area contributed by atoms with Crippen LogP contribution in [0.3, 0.4) is 0 Å². The maximum Gasteiger partial charge on any atom is 0.251 e. The fraction of sp³-hybridized carbons (Fsp3) is 0.263. The van der Waals surface area contributed by atoms with E-state index in [1.54, 1.807) is 38.5 Å². The van der Waals surface area contributed by atoms with Gasteiger partial charge in [-0.25, -0.2) is 0 Å². The fourth-order valence-corrected chi connectivity index (χ4v) is 2.24. The Morgan fingerprint density at radius 3 is 2.32 bits per heavy atom. The number of rotatable bonds is 8. The summed E-state index contributed by atoms with van der Waals surface area (Å²) in [6.07, 6.45) is 0.690. The summed E-state index contributed by atoms with van der Waals surface area (Å²) in [5.41, 5.74) is 1.55. The van der Waals surface area contributed by atoms with Crippen molar-refractivity contribution in [2.24, 2.45) is 0 Å². The van der Waals surface area contributed by atoms with Gasteiger partial charge >= 0.3 is 0 Å². The Morgan fingerprint density at radius 2 is 1.64 bits per heavy atom. The zero-order valence-electron chi connectivity index (χ0n) is 14.4. The van der Waals surface area contributed by atoms with Gasteiger partial charge in [0.25, 0.3) is 5.91 Å². The third kappa shape index (κ3) is 5.84. The Morgan fingerprint density at radius 1 is 0.920 bits per heavy atom. The zero-order chi connectivity index (χ0) is 18.1. The number of hydrogen-bond acceptors (Lipinski definition) is 4. The van der Waals surface area contributed by atoms with Crippen molar-refractivity contribution in [2.75, 3.05) is 27.3 Å². The molecule has 2 rings (SSSR count). The van der Waals surface area contributed by atoms with Crippen molar-refractivity contribution in [3.05, 3.63) is 59.7 Å². The Balaban J connectivity index is 1.71. The number of benzene rings is 2. The van der Waals surface area contributed by atoms with Crippen LogP contribution in [0.4, 0.5) is 0 Å². The van der Waals surface area contributed by atoms with Crippen molar-refractivity contribution in [1.29, 1.82) is 0 Å². The highest BCUT2D eigenvalue weighted by molar-refractivity contribution is 5.96. The largest absolute Gasteiger partial charge is 0.497 e. The second kappa shape index (κ2) is 9.32. The predicted molar refractivity (Wildman–Crippen MR) is 95.0 cm³/mol. The van der Waals surface area contributed by atoms with E-state index in [-0.39, 0.29) is 18.4 Å². The molecule has 2 amide bonds. The summed E-state index contributed by atoms with van der Waals surface area (Å²) in [4.78, 5) is 23.8. The fourth-order valence-electron chi connectivity index (χ4n) is 2.24.